The standard InChI is InChI=1S/C21H19NO4S/c1-2-26-17-12-14-18(15-13-17)27(24,25)22-20-11-7-6-10-19(20)21(23)16-8-4-3-5-9-16/h3-15,22H,2H2,1H3. The number of hydrogen-bond donors (Lipinski definition) is 1. The number of carbonyl (C=O) groups is 1. The van der Waals surface area contributed by atoms with E-state index in [0.29, 0.717) is 23.5 Å². The number of ketones is 1. The van der Waals surface area contributed by atoms with E-state index in [-0.39, 0.29) is 16.4 Å². The third-order valence-electron chi connectivity index (χ3n) is 3.90. The molecule has 0 saturated carbocycles. The van der Waals surface area contributed by atoms with Crippen molar-refractivity contribution in [2.45, 2.75) is 11.8 Å². The van der Waals surface area contributed by atoms with Gasteiger partial charge in [-0.2, -0.15) is 0 Å². The Hall–Kier alpha value is -3.12. The van der Waals surface area contributed by atoms with E-state index in [9.17, 15) is 13.2 Å². The third-order valence-corrected chi connectivity index (χ3v) is 5.28. The van der Waals surface area contributed by atoms with Crippen LogP contribution in [-0.4, -0.2) is 20.8 Å². The molecule has 0 heterocycles. The molecule has 0 radical (unpaired) electrons. The van der Waals surface area contributed by atoms with Crippen LogP contribution in [0.25, 0.3) is 0 Å². The zero-order chi connectivity index (χ0) is 19.3. The minimum atomic E-state index is -3.84. The Morgan fingerprint density at radius 1 is 0.889 bits per heavy atom. The number of nitrogens with one attached hydrogen (secondary N) is 1. The van der Waals surface area contributed by atoms with E-state index < -0.39 is 10.0 Å². The molecule has 138 valence electrons. The predicted molar refractivity (Wildman–Crippen MR) is 105 cm³/mol. The van der Waals surface area contributed by atoms with E-state index in [2.05, 4.69) is 4.72 Å². The van der Waals surface area contributed by atoms with E-state index in [1.165, 1.54) is 12.1 Å². The number of ether oxygens (including phenoxy) is 1. The molecular weight excluding hydrogens is 362 g/mol. The molecule has 0 bridgehead atoms. The van der Waals surface area contributed by atoms with Crippen LogP contribution in [0.5, 0.6) is 5.75 Å². The smallest absolute Gasteiger partial charge is 0.261 e. The van der Waals surface area contributed by atoms with Gasteiger partial charge in [-0.25, -0.2) is 8.42 Å². The molecule has 1 N–H and O–H groups in total. The fourth-order valence-corrected chi connectivity index (χ4v) is 3.68. The first-order valence-corrected chi connectivity index (χ1v) is 9.94. The van der Waals surface area contributed by atoms with Gasteiger partial charge in [0.05, 0.1) is 17.2 Å². The van der Waals surface area contributed by atoms with Crippen LogP contribution < -0.4 is 9.46 Å². The van der Waals surface area contributed by atoms with Gasteiger partial charge in [0.1, 0.15) is 5.75 Å². The first-order valence-electron chi connectivity index (χ1n) is 8.46. The van der Waals surface area contributed by atoms with Gasteiger partial charge in [0.15, 0.2) is 5.78 Å². The molecule has 0 aliphatic rings. The van der Waals surface area contributed by atoms with E-state index in [1.807, 2.05) is 13.0 Å². The zero-order valence-corrected chi connectivity index (χ0v) is 15.6. The van der Waals surface area contributed by atoms with Crippen LogP contribution in [0.3, 0.4) is 0 Å². The van der Waals surface area contributed by atoms with Crippen molar-refractivity contribution < 1.29 is 17.9 Å². The summed E-state index contributed by atoms with van der Waals surface area (Å²) in [4.78, 5) is 12.8. The minimum absolute atomic E-state index is 0.0907. The molecule has 0 fully saturated rings. The number of rotatable bonds is 7. The lowest BCUT2D eigenvalue weighted by Gasteiger charge is -2.12. The average Bonchev–Trinajstić information content (AvgIpc) is 2.69. The molecule has 3 rings (SSSR count). The zero-order valence-electron chi connectivity index (χ0n) is 14.8. The largest absolute Gasteiger partial charge is 0.494 e. The molecule has 0 atom stereocenters. The molecule has 6 heteroatoms. The minimum Gasteiger partial charge on any atom is -0.494 e. The second-order valence-corrected chi connectivity index (χ2v) is 7.43. The van der Waals surface area contributed by atoms with Crippen LogP contribution in [0.2, 0.25) is 0 Å². The first kappa shape index (κ1) is 18.7. The van der Waals surface area contributed by atoms with Crippen LogP contribution in [0.1, 0.15) is 22.8 Å². The van der Waals surface area contributed by atoms with E-state index in [1.54, 1.807) is 60.7 Å². The lowest BCUT2D eigenvalue weighted by atomic mass is 10.0. The van der Waals surface area contributed by atoms with Gasteiger partial charge in [0, 0.05) is 11.1 Å². The average molecular weight is 381 g/mol. The first-order chi connectivity index (χ1) is 13.0. The Morgan fingerprint density at radius 2 is 1.52 bits per heavy atom. The summed E-state index contributed by atoms with van der Waals surface area (Å²) in [6.45, 7) is 2.35. The molecule has 0 aliphatic carbocycles. The number of sulfonamides is 1. The molecule has 0 aliphatic heterocycles. The molecular formula is C21H19NO4S. The quantitative estimate of drug-likeness (QED) is 0.625. The van der Waals surface area contributed by atoms with Crippen LogP contribution in [0.15, 0.2) is 83.8 Å². The molecule has 0 spiro atoms. The van der Waals surface area contributed by atoms with Crippen molar-refractivity contribution in [1.29, 1.82) is 0 Å². The third kappa shape index (κ3) is 4.35. The number of hydrogen-bond acceptors (Lipinski definition) is 4. The van der Waals surface area contributed by atoms with Gasteiger partial charge in [0.2, 0.25) is 0 Å². The van der Waals surface area contributed by atoms with Crippen molar-refractivity contribution in [1.82, 2.24) is 0 Å². The normalized spacial score (nSPS) is 11.0. The summed E-state index contributed by atoms with van der Waals surface area (Å²) in [5.41, 5.74) is 1.02. The molecule has 0 amide bonds. The summed E-state index contributed by atoms with van der Waals surface area (Å²) in [6.07, 6.45) is 0. The highest BCUT2D eigenvalue weighted by atomic mass is 32.2. The van der Waals surface area contributed by atoms with Crippen molar-refractivity contribution in [2.75, 3.05) is 11.3 Å². The maximum Gasteiger partial charge on any atom is 0.261 e. The Bertz CT molecular complexity index is 1030. The van der Waals surface area contributed by atoms with Crippen LogP contribution in [0.4, 0.5) is 5.69 Å². The molecule has 3 aromatic rings. The summed E-state index contributed by atoms with van der Waals surface area (Å²) in [6, 6.07) is 21.4. The number of anilines is 1. The summed E-state index contributed by atoms with van der Waals surface area (Å²) in [7, 11) is -3.84. The van der Waals surface area contributed by atoms with Crippen molar-refractivity contribution in [2.24, 2.45) is 0 Å². The highest BCUT2D eigenvalue weighted by molar-refractivity contribution is 7.92. The van der Waals surface area contributed by atoms with E-state index >= 15 is 0 Å². The molecule has 3 aromatic carbocycles. The highest BCUT2D eigenvalue weighted by Gasteiger charge is 2.19. The number of para-hydroxylation sites is 1. The Balaban J connectivity index is 1.90. The predicted octanol–water partition coefficient (Wildman–Crippen LogP) is 4.12. The number of carbonyl (C=O) groups excluding carboxylic acids is 1. The Labute approximate surface area is 158 Å². The van der Waals surface area contributed by atoms with Crippen molar-refractivity contribution >= 4 is 21.5 Å². The fourth-order valence-electron chi connectivity index (χ4n) is 2.60. The molecule has 0 unspecified atom stereocenters. The summed E-state index contributed by atoms with van der Waals surface area (Å²) in [5, 5.41) is 0. The Kier molecular flexibility index (Phi) is 5.57. The van der Waals surface area contributed by atoms with Crippen molar-refractivity contribution in [3.8, 4) is 5.75 Å². The van der Waals surface area contributed by atoms with Gasteiger partial charge in [-0.15, -0.1) is 0 Å². The second kappa shape index (κ2) is 8.05. The van der Waals surface area contributed by atoms with Crippen molar-refractivity contribution in [3.63, 3.8) is 0 Å². The lowest BCUT2D eigenvalue weighted by molar-refractivity contribution is 0.103. The van der Waals surface area contributed by atoms with Crippen LogP contribution >= 0.6 is 0 Å². The van der Waals surface area contributed by atoms with E-state index in [4.69, 9.17) is 4.74 Å². The monoisotopic (exact) mass is 381 g/mol. The molecule has 0 saturated heterocycles. The topological polar surface area (TPSA) is 72.5 Å². The summed E-state index contributed by atoms with van der Waals surface area (Å²) < 4.78 is 33.3. The number of benzene rings is 3. The maximum atomic E-state index is 12.8. The molecule has 0 aromatic heterocycles. The van der Waals surface area contributed by atoms with Gasteiger partial charge in [-0.05, 0) is 43.3 Å². The lowest BCUT2D eigenvalue weighted by Crippen LogP contribution is -2.16. The van der Waals surface area contributed by atoms with Gasteiger partial charge >= 0.3 is 0 Å². The molecule has 27 heavy (non-hydrogen) atoms. The maximum absolute atomic E-state index is 12.8. The fraction of sp³-hybridized carbons (Fsp3) is 0.0952. The van der Waals surface area contributed by atoms with Crippen LogP contribution in [-0.2, 0) is 10.0 Å². The van der Waals surface area contributed by atoms with E-state index in [0.717, 1.165) is 0 Å². The van der Waals surface area contributed by atoms with Gasteiger partial charge in [0.25, 0.3) is 10.0 Å². The Morgan fingerprint density at radius 3 is 2.19 bits per heavy atom. The van der Waals surface area contributed by atoms with Crippen LogP contribution in [0, 0.1) is 0 Å². The summed E-state index contributed by atoms with van der Waals surface area (Å²) in [5.74, 6) is 0.344. The van der Waals surface area contributed by atoms with Gasteiger partial charge < -0.3 is 4.74 Å². The highest BCUT2D eigenvalue weighted by Crippen LogP contribution is 2.24. The van der Waals surface area contributed by atoms with Gasteiger partial charge in [-0.3, -0.25) is 9.52 Å². The SMILES string of the molecule is CCOc1ccc(S(=O)(=O)Nc2ccccc2C(=O)c2ccccc2)cc1. The second-order valence-electron chi connectivity index (χ2n) is 5.75. The van der Waals surface area contributed by atoms with Gasteiger partial charge in [-0.1, -0.05) is 42.5 Å². The molecule has 5 nitrogen and oxygen atoms in total. The summed E-state index contributed by atoms with van der Waals surface area (Å²) >= 11 is 0. The van der Waals surface area contributed by atoms with Crippen molar-refractivity contribution in [3.05, 3.63) is 90.0 Å².